The molecule has 0 amide bonds. The number of ether oxygens (including phenoxy) is 1. The van der Waals surface area contributed by atoms with Crippen LogP contribution in [0.25, 0.3) is 0 Å². The zero-order valence-electron chi connectivity index (χ0n) is 6.82. The highest BCUT2D eigenvalue weighted by molar-refractivity contribution is 14.1. The predicted molar refractivity (Wildman–Crippen MR) is 48.3 cm³/mol. The van der Waals surface area contributed by atoms with Crippen LogP contribution >= 0.6 is 22.6 Å². The van der Waals surface area contributed by atoms with E-state index < -0.39 is 17.9 Å². The molecule has 0 saturated carbocycles. The first kappa shape index (κ1) is 11.5. The maximum Gasteiger partial charge on any atom is 0.573 e. The third kappa shape index (κ3) is 2.96. The van der Waals surface area contributed by atoms with Crippen molar-refractivity contribution in [3.8, 4) is 5.75 Å². The van der Waals surface area contributed by atoms with Crippen LogP contribution < -0.4 is 4.74 Å². The molecule has 0 bridgehead atoms. The lowest BCUT2D eigenvalue weighted by atomic mass is 10.3. The summed E-state index contributed by atoms with van der Waals surface area (Å²) >= 11 is 1.48. The summed E-state index contributed by atoms with van der Waals surface area (Å²) in [5.74, 6) is -1.96. The molecule has 14 heavy (non-hydrogen) atoms. The Morgan fingerprint density at radius 3 is 2.43 bits per heavy atom. The van der Waals surface area contributed by atoms with E-state index in [-0.39, 0.29) is 3.70 Å². The second-order valence-corrected chi connectivity index (χ2v) is 3.44. The summed E-state index contributed by atoms with van der Waals surface area (Å²) in [6.07, 6.45) is -4.91. The minimum atomic E-state index is -4.91. The van der Waals surface area contributed by atoms with Crippen molar-refractivity contribution in [2.45, 2.75) is 13.3 Å². The number of pyridine rings is 1. The van der Waals surface area contributed by atoms with Gasteiger partial charge in [-0.3, -0.25) is 0 Å². The van der Waals surface area contributed by atoms with Crippen molar-refractivity contribution in [1.82, 2.24) is 4.98 Å². The molecule has 1 aromatic rings. The van der Waals surface area contributed by atoms with Crippen molar-refractivity contribution in [2.75, 3.05) is 0 Å². The molecule has 78 valence electrons. The number of aryl methyl sites for hydroxylation is 1. The van der Waals surface area contributed by atoms with E-state index in [2.05, 4.69) is 9.72 Å². The van der Waals surface area contributed by atoms with E-state index in [0.717, 1.165) is 6.07 Å². The van der Waals surface area contributed by atoms with Crippen LogP contribution in [0.4, 0.5) is 17.6 Å². The van der Waals surface area contributed by atoms with Gasteiger partial charge in [0.05, 0.1) is 0 Å². The first-order valence-electron chi connectivity index (χ1n) is 3.38. The molecule has 0 unspecified atom stereocenters. The highest BCUT2D eigenvalue weighted by Crippen LogP contribution is 2.29. The molecule has 0 aliphatic rings. The molecule has 0 N–H and O–H groups in total. The van der Waals surface area contributed by atoms with Crippen LogP contribution in [0.15, 0.2) is 6.07 Å². The van der Waals surface area contributed by atoms with Gasteiger partial charge in [0.25, 0.3) is 0 Å². The molecule has 1 aromatic heterocycles. The van der Waals surface area contributed by atoms with Crippen LogP contribution in [0.5, 0.6) is 5.75 Å². The first-order chi connectivity index (χ1) is 6.29. The monoisotopic (exact) mass is 321 g/mol. The molecule has 0 atom stereocenters. The topological polar surface area (TPSA) is 22.1 Å². The molecule has 0 spiro atoms. The van der Waals surface area contributed by atoms with Gasteiger partial charge in [-0.2, -0.15) is 0 Å². The second kappa shape index (κ2) is 3.87. The summed E-state index contributed by atoms with van der Waals surface area (Å²) in [5.41, 5.74) is 0.293. The quantitative estimate of drug-likeness (QED) is 0.451. The van der Waals surface area contributed by atoms with E-state index in [0.29, 0.717) is 5.69 Å². The van der Waals surface area contributed by atoms with E-state index in [9.17, 15) is 17.6 Å². The van der Waals surface area contributed by atoms with Crippen molar-refractivity contribution < 1.29 is 22.3 Å². The van der Waals surface area contributed by atoms with E-state index in [4.69, 9.17) is 0 Å². The van der Waals surface area contributed by atoms with Gasteiger partial charge in [0, 0.05) is 5.69 Å². The summed E-state index contributed by atoms with van der Waals surface area (Å²) in [5, 5.41) is 0. The molecule has 0 aliphatic carbocycles. The number of hydrogen-bond acceptors (Lipinski definition) is 2. The number of rotatable bonds is 1. The van der Waals surface area contributed by atoms with Gasteiger partial charge < -0.3 is 4.74 Å². The molecule has 0 radical (unpaired) electrons. The average Bonchev–Trinajstić information content (AvgIpc) is 1.95. The van der Waals surface area contributed by atoms with Gasteiger partial charge in [-0.05, 0) is 35.6 Å². The Morgan fingerprint density at radius 1 is 1.43 bits per heavy atom. The van der Waals surface area contributed by atoms with Gasteiger partial charge in [-0.15, -0.1) is 13.2 Å². The van der Waals surface area contributed by atoms with Gasteiger partial charge in [0.2, 0.25) is 0 Å². The van der Waals surface area contributed by atoms with Crippen LogP contribution in [0.1, 0.15) is 5.69 Å². The third-order valence-electron chi connectivity index (χ3n) is 1.23. The lowest BCUT2D eigenvalue weighted by molar-refractivity contribution is -0.276. The van der Waals surface area contributed by atoms with Crippen LogP contribution in [0, 0.1) is 16.4 Å². The Kier molecular flexibility index (Phi) is 3.17. The van der Waals surface area contributed by atoms with Crippen molar-refractivity contribution in [1.29, 1.82) is 0 Å². The fourth-order valence-corrected chi connectivity index (χ4v) is 1.54. The highest BCUT2D eigenvalue weighted by atomic mass is 127. The second-order valence-electron chi connectivity index (χ2n) is 2.41. The molecular weight excluding hydrogens is 317 g/mol. The highest BCUT2D eigenvalue weighted by Gasteiger charge is 2.33. The van der Waals surface area contributed by atoms with E-state index in [1.165, 1.54) is 29.5 Å². The standard InChI is InChI=1S/C7H4F4INO/c1-3-2-4(8)5(6(12)13-3)14-7(9,10)11/h2H,1H3. The number of aromatic nitrogens is 1. The van der Waals surface area contributed by atoms with Crippen LogP contribution in [-0.2, 0) is 0 Å². The molecule has 1 rings (SSSR count). The van der Waals surface area contributed by atoms with Gasteiger partial charge in [0.1, 0.15) is 3.70 Å². The van der Waals surface area contributed by atoms with Gasteiger partial charge >= 0.3 is 6.36 Å². The SMILES string of the molecule is Cc1cc(F)c(OC(F)(F)F)c(I)n1. The maximum absolute atomic E-state index is 13.0. The normalized spacial score (nSPS) is 11.6. The third-order valence-corrected chi connectivity index (χ3v) is 1.96. The predicted octanol–water partition coefficient (Wildman–Crippen LogP) is 3.03. The Balaban J connectivity index is 3.09. The van der Waals surface area contributed by atoms with E-state index in [1.54, 1.807) is 0 Å². The summed E-state index contributed by atoms with van der Waals surface area (Å²) in [6, 6.07) is 0.878. The average molecular weight is 321 g/mol. The Morgan fingerprint density at radius 2 is 2.00 bits per heavy atom. The summed E-state index contributed by atoms with van der Waals surface area (Å²) in [7, 11) is 0. The van der Waals surface area contributed by atoms with E-state index in [1.807, 2.05) is 0 Å². The lowest BCUT2D eigenvalue weighted by Crippen LogP contribution is -2.19. The van der Waals surface area contributed by atoms with E-state index >= 15 is 0 Å². The largest absolute Gasteiger partial charge is 0.573 e. The Labute approximate surface area is 90.4 Å². The molecule has 0 aliphatic heterocycles. The summed E-state index contributed by atoms with van der Waals surface area (Å²) in [4.78, 5) is 3.64. The first-order valence-corrected chi connectivity index (χ1v) is 4.46. The molecule has 7 heteroatoms. The fourth-order valence-electron chi connectivity index (χ4n) is 0.792. The van der Waals surface area contributed by atoms with Crippen LogP contribution in [0.2, 0.25) is 0 Å². The molecule has 0 fully saturated rings. The zero-order valence-corrected chi connectivity index (χ0v) is 8.98. The number of halogens is 5. The summed E-state index contributed by atoms with van der Waals surface area (Å²) in [6.45, 7) is 1.47. The molecule has 0 aromatic carbocycles. The van der Waals surface area contributed by atoms with Crippen molar-refractivity contribution >= 4 is 22.6 Å². The number of nitrogens with zero attached hydrogens (tertiary/aromatic N) is 1. The fraction of sp³-hybridized carbons (Fsp3) is 0.286. The molecule has 0 saturated heterocycles. The van der Waals surface area contributed by atoms with Crippen molar-refractivity contribution in [3.63, 3.8) is 0 Å². The Bertz CT molecular complexity index is 329. The van der Waals surface area contributed by atoms with Gasteiger partial charge in [-0.25, -0.2) is 9.37 Å². The van der Waals surface area contributed by atoms with Crippen molar-refractivity contribution in [3.05, 3.63) is 21.3 Å². The van der Waals surface area contributed by atoms with Gasteiger partial charge in [0.15, 0.2) is 11.6 Å². The van der Waals surface area contributed by atoms with Gasteiger partial charge in [-0.1, -0.05) is 0 Å². The maximum atomic E-state index is 13.0. The van der Waals surface area contributed by atoms with Crippen molar-refractivity contribution in [2.24, 2.45) is 0 Å². The minimum absolute atomic E-state index is 0.155. The zero-order chi connectivity index (χ0) is 10.9. The molecule has 2 nitrogen and oxygen atoms in total. The number of alkyl halides is 3. The lowest BCUT2D eigenvalue weighted by Gasteiger charge is -2.10. The smallest absolute Gasteiger partial charge is 0.400 e. The minimum Gasteiger partial charge on any atom is -0.400 e. The van der Waals surface area contributed by atoms with Crippen LogP contribution in [-0.4, -0.2) is 11.3 Å². The number of hydrogen-bond donors (Lipinski definition) is 0. The molecular formula is C7H4F4INO. The molecule has 1 heterocycles. The Hall–Kier alpha value is -0.600. The van der Waals surface area contributed by atoms with Crippen LogP contribution in [0.3, 0.4) is 0 Å². The summed E-state index contributed by atoms with van der Waals surface area (Å²) < 4.78 is 51.6.